The first kappa shape index (κ1) is 12.6. The van der Waals surface area contributed by atoms with Gasteiger partial charge in [0.2, 0.25) is 0 Å². The Hall–Kier alpha value is -1.81. The highest BCUT2D eigenvalue weighted by Crippen LogP contribution is 2.19. The Morgan fingerprint density at radius 2 is 2.11 bits per heavy atom. The number of aryl methyl sites for hydroxylation is 1. The minimum Gasteiger partial charge on any atom is -0.497 e. The topological polar surface area (TPSA) is 51.5 Å². The second kappa shape index (κ2) is 4.82. The van der Waals surface area contributed by atoms with Gasteiger partial charge >= 0.3 is 0 Å². The van der Waals surface area contributed by atoms with Gasteiger partial charge < -0.3 is 14.4 Å². The quantitative estimate of drug-likeness (QED) is 0.898. The van der Waals surface area contributed by atoms with Gasteiger partial charge in [0.05, 0.1) is 25.1 Å². The van der Waals surface area contributed by atoms with Crippen LogP contribution < -0.4 is 10.3 Å². The van der Waals surface area contributed by atoms with E-state index in [1.54, 1.807) is 24.7 Å². The zero-order valence-corrected chi connectivity index (χ0v) is 10.8. The summed E-state index contributed by atoms with van der Waals surface area (Å²) in [6.07, 6.45) is -0.551. The fourth-order valence-corrected chi connectivity index (χ4v) is 2.07. The molecule has 0 radical (unpaired) electrons. The molecule has 1 aromatic heterocycles. The van der Waals surface area contributed by atoms with Crippen LogP contribution in [0.15, 0.2) is 29.1 Å². The van der Waals surface area contributed by atoms with E-state index in [1.165, 1.54) is 0 Å². The fraction of sp³-hybridized carbons (Fsp3) is 0.357. The number of aliphatic hydroxyl groups excluding tert-OH is 1. The molecule has 1 atom stereocenters. The van der Waals surface area contributed by atoms with Gasteiger partial charge in [-0.2, -0.15) is 0 Å². The number of rotatable bonds is 3. The lowest BCUT2D eigenvalue weighted by Gasteiger charge is -2.13. The molecular weight excluding hydrogens is 230 g/mol. The maximum absolute atomic E-state index is 12.3. The molecule has 1 unspecified atom stereocenters. The molecule has 0 saturated heterocycles. The van der Waals surface area contributed by atoms with Gasteiger partial charge in [0.15, 0.2) is 0 Å². The highest BCUT2D eigenvalue weighted by molar-refractivity contribution is 5.83. The summed E-state index contributed by atoms with van der Waals surface area (Å²) in [5, 5.41) is 10.9. The fourth-order valence-electron chi connectivity index (χ4n) is 2.07. The van der Waals surface area contributed by atoms with Crippen molar-refractivity contribution in [3.8, 4) is 5.75 Å². The van der Waals surface area contributed by atoms with Crippen LogP contribution in [0.3, 0.4) is 0 Å². The van der Waals surface area contributed by atoms with Crippen LogP contribution in [0.5, 0.6) is 5.75 Å². The lowest BCUT2D eigenvalue weighted by molar-refractivity contribution is 0.171. The summed E-state index contributed by atoms with van der Waals surface area (Å²) in [6.45, 7) is 3.84. The largest absolute Gasteiger partial charge is 0.497 e. The number of ether oxygens (including phenoxy) is 1. The van der Waals surface area contributed by atoms with Crippen molar-refractivity contribution in [3.05, 3.63) is 40.3 Å². The van der Waals surface area contributed by atoms with Crippen molar-refractivity contribution in [2.24, 2.45) is 0 Å². The number of aromatic nitrogens is 1. The molecule has 4 heteroatoms. The normalized spacial score (nSPS) is 12.7. The summed E-state index contributed by atoms with van der Waals surface area (Å²) in [6, 6.07) is 7.38. The predicted molar refractivity (Wildman–Crippen MR) is 71.2 cm³/mol. The van der Waals surface area contributed by atoms with Crippen LogP contribution >= 0.6 is 0 Å². The third-order valence-corrected chi connectivity index (χ3v) is 2.97. The molecule has 2 aromatic rings. The molecule has 0 spiro atoms. The predicted octanol–water partition coefficient (Wildman–Crippen LogP) is 1.70. The highest BCUT2D eigenvalue weighted by Gasteiger charge is 2.09. The van der Waals surface area contributed by atoms with Crippen LogP contribution in [0.4, 0.5) is 0 Å². The average molecular weight is 247 g/mol. The second-order valence-corrected chi connectivity index (χ2v) is 4.50. The number of pyridine rings is 1. The van der Waals surface area contributed by atoms with Gasteiger partial charge in [0.25, 0.3) is 5.56 Å². The molecule has 0 aliphatic carbocycles. The lowest BCUT2D eigenvalue weighted by atomic mass is 10.1. The van der Waals surface area contributed by atoms with E-state index in [4.69, 9.17) is 4.74 Å². The van der Waals surface area contributed by atoms with Gasteiger partial charge in [0.1, 0.15) is 5.75 Å². The third kappa shape index (κ3) is 2.24. The molecule has 4 nitrogen and oxygen atoms in total. The van der Waals surface area contributed by atoms with E-state index in [2.05, 4.69) is 0 Å². The lowest BCUT2D eigenvalue weighted by Crippen LogP contribution is -2.27. The van der Waals surface area contributed by atoms with E-state index in [9.17, 15) is 9.90 Å². The van der Waals surface area contributed by atoms with Gasteiger partial charge in [-0.05, 0) is 37.4 Å². The summed E-state index contributed by atoms with van der Waals surface area (Å²) in [5.74, 6) is 0.659. The Morgan fingerprint density at radius 3 is 2.72 bits per heavy atom. The molecule has 18 heavy (non-hydrogen) atoms. The molecule has 0 fully saturated rings. The van der Waals surface area contributed by atoms with Crippen LogP contribution in [0.1, 0.15) is 12.6 Å². The van der Waals surface area contributed by atoms with E-state index in [0.717, 1.165) is 11.1 Å². The molecule has 96 valence electrons. The highest BCUT2D eigenvalue weighted by atomic mass is 16.5. The standard InChI is InChI=1S/C14H17NO3/c1-9-6-11-4-5-12(18-3)7-13(11)14(17)15(9)8-10(2)16/h4-7,10,16H,8H2,1-3H3. The minimum absolute atomic E-state index is 0.0928. The number of fused-ring (bicyclic) bond motifs is 1. The van der Waals surface area contributed by atoms with Crippen LogP contribution in [-0.4, -0.2) is 22.9 Å². The Balaban J connectivity index is 2.70. The average Bonchev–Trinajstić information content (AvgIpc) is 2.34. The van der Waals surface area contributed by atoms with Crippen LogP contribution in [0.2, 0.25) is 0 Å². The van der Waals surface area contributed by atoms with Gasteiger partial charge in [-0.25, -0.2) is 0 Å². The van der Waals surface area contributed by atoms with E-state index >= 15 is 0 Å². The Kier molecular flexibility index (Phi) is 3.39. The van der Waals surface area contributed by atoms with Gasteiger partial charge in [-0.15, -0.1) is 0 Å². The third-order valence-electron chi connectivity index (χ3n) is 2.97. The number of hydrogen-bond donors (Lipinski definition) is 1. The molecule has 0 saturated carbocycles. The monoisotopic (exact) mass is 247 g/mol. The number of nitrogens with zero attached hydrogens (tertiary/aromatic N) is 1. The zero-order chi connectivity index (χ0) is 13.3. The van der Waals surface area contributed by atoms with E-state index < -0.39 is 6.10 Å². The number of hydrogen-bond acceptors (Lipinski definition) is 3. The summed E-state index contributed by atoms with van der Waals surface area (Å²) >= 11 is 0. The summed E-state index contributed by atoms with van der Waals surface area (Å²) in [5.41, 5.74) is 0.753. The molecule has 1 heterocycles. The van der Waals surface area contributed by atoms with E-state index in [1.807, 2.05) is 25.1 Å². The first-order valence-corrected chi connectivity index (χ1v) is 5.89. The van der Waals surface area contributed by atoms with Crippen molar-refractivity contribution in [3.63, 3.8) is 0 Å². The first-order chi connectivity index (χ1) is 8.52. The minimum atomic E-state index is -0.551. The SMILES string of the molecule is COc1ccc2cc(C)n(CC(C)O)c(=O)c2c1. The number of aliphatic hydroxyl groups is 1. The molecule has 0 aliphatic heterocycles. The molecule has 1 N–H and O–H groups in total. The van der Waals surface area contributed by atoms with E-state index in [-0.39, 0.29) is 5.56 Å². The molecule has 2 rings (SSSR count). The van der Waals surface area contributed by atoms with Crippen LogP contribution in [-0.2, 0) is 6.54 Å². The molecule has 0 aliphatic rings. The molecule has 0 bridgehead atoms. The first-order valence-electron chi connectivity index (χ1n) is 5.89. The van der Waals surface area contributed by atoms with Crippen molar-refractivity contribution in [2.75, 3.05) is 7.11 Å². The van der Waals surface area contributed by atoms with E-state index in [0.29, 0.717) is 17.7 Å². The van der Waals surface area contributed by atoms with Crippen molar-refractivity contribution < 1.29 is 9.84 Å². The molecule has 1 aromatic carbocycles. The number of benzene rings is 1. The van der Waals surface area contributed by atoms with Crippen molar-refractivity contribution in [2.45, 2.75) is 26.5 Å². The van der Waals surface area contributed by atoms with Crippen molar-refractivity contribution >= 4 is 10.8 Å². The Labute approximate surface area is 105 Å². The summed E-state index contributed by atoms with van der Waals surface area (Å²) in [4.78, 5) is 12.3. The second-order valence-electron chi connectivity index (χ2n) is 4.50. The van der Waals surface area contributed by atoms with Gasteiger partial charge in [-0.3, -0.25) is 4.79 Å². The smallest absolute Gasteiger partial charge is 0.258 e. The Bertz CT molecular complexity index is 629. The van der Waals surface area contributed by atoms with Gasteiger partial charge in [0, 0.05) is 5.69 Å². The van der Waals surface area contributed by atoms with Gasteiger partial charge in [-0.1, -0.05) is 6.07 Å². The maximum atomic E-state index is 12.3. The Morgan fingerprint density at radius 1 is 1.39 bits per heavy atom. The van der Waals surface area contributed by atoms with Crippen molar-refractivity contribution in [1.29, 1.82) is 0 Å². The molecule has 0 amide bonds. The van der Waals surface area contributed by atoms with Crippen LogP contribution in [0.25, 0.3) is 10.8 Å². The summed E-state index contributed by atoms with van der Waals surface area (Å²) < 4.78 is 6.72. The van der Waals surface area contributed by atoms with Crippen LogP contribution in [0, 0.1) is 6.92 Å². The summed E-state index contributed by atoms with van der Waals surface area (Å²) in [7, 11) is 1.57. The zero-order valence-electron chi connectivity index (χ0n) is 10.8. The molecular formula is C14H17NO3. The number of methoxy groups -OCH3 is 1. The maximum Gasteiger partial charge on any atom is 0.258 e. The van der Waals surface area contributed by atoms with Crippen molar-refractivity contribution in [1.82, 2.24) is 4.57 Å².